The summed E-state index contributed by atoms with van der Waals surface area (Å²) in [4.78, 5) is 24.0. The van der Waals surface area contributed by atoms with Gasteiger partial charge in [0.25, 0.3) is 5.91 Å². The molecule has 0 bridgehead atoms. The number of amides is 1. The second-order valence-corrected chi connectivity index (χ2v) is 7.18. The van der Waals surface area contributed by atoms with Crippen LogP contribution in [0.2, 0.25) is 0 Å². The molecule has 2 atom stereocenters. The van der Waals surface area contributed by atoms with Crippen molar-refractivity contribution in [1.29, 1.82) is 0 Å². The summed E-state index contributed by atoms with van der Waals surface area (Å²) in [6.07, 6.45) is 5.10. The highest BCUT2D eigenvalue weighted by Gasteiger charge is 2.25. The van der Waals surface area contributed by atoms with Gasteiger partial charge in [0.1, 0.15) is 0 Å². The van der Waals surface area contributed by atoms with Gasteiger partial charge in [0, 0.05) is 5.69 Å². The Morgan fingerprint density at radius 1 is 1.33 bits per heavy atom. The zero-order valence-corrected chi connectivity index (χ0v) is 14.1. The topological polar surface area (TPSA) is 116 Å². The van der Waals surface area contributed by atoms with Crippen molar-refractivity contribution in [3.05, 3.63) is 36.4 Å². The summed E-state index contributed by atoms with van der Waals surface area (Å²) in [6.45, 7) is 1.47. The standard InChI is InChI=1S/C16H20N2O5S/c1-11(23-16(20)12-6-3-2-4-7-12)15(19)18-13-8-5-9-14(10-13)24(17,21)22/h2-3,5,8-12H,4,6-7H2,1H3,(H,18,19)(H2,17,21,22). The van der Waals surface area contributed by atoms with E-state index in [1.807, 2.05) is 12.2 Å². The molecule has 0 saturated heterocycles. The molecular weight excluding hydrogens is 332 g/mol. The highest BCUT2D eigenvalue weighted by Crippen LogP contribution is 2.20. The fourth-order valence-corrected chi connectivity index (χ4v) is 2.89. The molecule has 2 unspecified atom stereocenters. The van der Waals surface area contributed by atoms with Gasteiger partial charge in [-0.05, 0) is 44.4 Å². The summed E-state index contributed by atoms with van der Waals surface area (Å²) in [6, 6.07) is 5.55. The van der Waals surface area contributed by atoms with Crippen molar-refractivity contribution in [3.63, 3.8) is 0 Å². The van der Waals surface area contributed by atoms with E-state index in [4.69, 9.17) is 9.88 Å². The van der Waals surface area contributed by atoms with E-state index in [9.17, 15) is 18.0 Å². The summed E-state index contributed by atoms with van der Waals surface area (Å²) < 4.78 is 27.8. The fraction of sp³-hybridized carbons (Fsp3) is 0.375. The largest absolute Gasteiger partial charge is 0.452 e. The number of carbonyl (C=O) groups is 2. The lowest BCUT2D eigenvalue weighted by Crippen LogP contribution is -2.32. The molecule has 24 heavy (non-hydrogen) atoms. The van der Waals surface area contributed by atoms with Crippen LogP contribution < -0.4 is 10.5 Å². The number of primary sulfonamides is 1. The third-order valence-electron chi connectivity index (χ3n) is 3.69. The molecule has 2 rings (SSSR count). The predicted octanol–water partition coefficient (Wildman–Crippen LogP) is 1.56. The van der Waals surface area contributed by atoms with Crippen molar-refractivity contribution >= 4 is 27.6 Å². The minimum atomic E-state index is -3.86. The van der Waals surface area contributed by atoms with Crippen molar-refractivity contribution in [3.8, 4) is 0 Å². The molecule has 0 spiro atoms. The van der Waals surface area contributed by atoms with E-state index in [0.717, 1.165) is 6.42 Å². The van der Waals surface area contributed by atoms with Crippen molar-refractivity contribution < 1.29 is 22.7 Å². The molecule has 0 fully saturated rings. The molecule has 3 N–H and O–H groups in total. The van der Waals surface area contributed by atoms with Crippen LogP contribution in [-0.2, 0) is 24.3 Å². The number of allylic oxidation sites excluding steroid dienone is 2. The van der Waals surface area contributed by atoms with Crippen LogP contribution in [0.25, 0.3) is 0 Å². The number of benzene rings is 1. The molecule has 1 aliphatic rings. The van der Waals surface area contributed by atoms with Crippen molar-refractivity contribution in [1.82, 2.24) is 0 Å². The van der Waals surface area contributed by atoms with Gasteiger partial charge >= 0.3 is 5.97 Å². The Morgan fingerprint density at radius 3 is 2.71 bits per heavy atom. The lowest BCUT2D eigenvalue weighted by molar-refractivity contribution is -0.157. The Kier molecular flexibility index (Phi) is 5.74. The number of carbonyl (C=O) groups excluding carboxylic acids is 2. The van der Waals surface area contributed by atoms with E-state index >= 15 is 0 Å². The predicted molar refractivity (Wildman–Crippen MR) is 88.5 cm³/mol. The SMILES string of the molecule is CC(OC(=O)C1CC=CCC1)C(=O)Nc1cccc(S(N)(=O)=O)c1. The Morgan fingerprint density at radius 2 is 2.08 bits per heavy atom. The van der Waals surface area contributed by atoms with Gasteiger partial charge in [0.15, 0.2) is 6.10 Å². The molecule has 0 heterocycles. The van der Waals surface area contributed by atoms with Crippen molar-refractivity contribution in [2.75, 3.05) is 5.32 Å². The maximum Gasteiger partial charge on any atom is 0.310 e. The van der Waals surface area contributed by atoms with Gasteiger partial charge in [-0.2, -0.15) is 0 Å². The van der Waals surface area contributed by atoms with Crippen LogP contribution in [-0.4, -0.2) is 26.4 Å². The number of anilines is 1. The van der Waals surface area contributed by atoms with E-state index in [1.165, 1.54) is 31.2 Å². The molecule has 8 heteroatoms. The molecule has 0 radical (unpaired) electrons. The van der Waals surface area contributed by atoms with E-state index in [1.54, 1.807) is 0 Å². The molecule has 130 valence electrons. The van der Waals surface area contributed by atoms with Crippen LogP contribution in [0.3, 0.4) is 0 Å². The third kappa shape index (κ3) is 4.90. The van der Waals surface area contributed by atoms with E-state index < -0.39 is 28.0 Å². The maximum atomic E-state index is 12.1. The Bertz CT molecular complexity index is 757. The highest BCUT2D eigenvalue weighted by molar-refractivity contribution is 7.89. The number of hydrogen-bond acceptors (Lipinski definition) is 5. The van der Waals surface area contributed by atoms with Crippen LogP contribution in [0.5, 0.6) is 0 Å². The quantitative estimate of drug-likeness (QED) is 0.616. The Labute approximate surface area is 140 Å². The molecule has 0 aromatic heterocycles. The first kappa shape index (κ1) is 18.2. The maximum absolute atomic E-state index is 12.1. The molecular formula is C16H20N2O5S. The number of hydrogen-bond donors (Lipinski definition) is 2. The summed E-state index contributed by atoms with van der Waals surface area (Å²) >= 11 is 0. The van der Waals surface area contributed by atoms with Gasteiger partial charge < -0.3 is 10.1 Å². The minimum Gasteiger partial charge on any atom is -0.452 e. The summed E-state index contributed by atoms with van der Waals surface area (Å²) in [5, 5.41) is 7.56. The molecule has 7 nitrogen and oxygen atoms in total. The first-order valence-electron chi connectivity index (χ1n) is 7.56. The number of rotatable bonds is 5. The van der Waals surface area contributed by atoms with Crippen molar-refractivity contribution in [2.45, 2.75) is 37.2 Å². The number of ether oxygens (including phenoxy) is 1. The number of sulfonamides is 1. The smallest absolute Gasteiger partial charge is 0.310 e. The van der Waals surface area contributed by atoms with Crippen LogP contribution >= 0.6 is 0 Å². The van der Waals surface area contributed by atoms with Gasteiger partial charge in [-0.25, -0.2) is 13.6 Å². The van der Waals surface area contributed by atoms with Crippen molar-refractivity contribution in [2.24, 2.45) is 11.1 Å². The van der Waals surface area contributed by atoms with Gasteiger partial charge in [-0.15, -0.1) is 0 Å². The molecule has 0 saturated carbocycles. The second kappa shape index (κ2) is 7.59. The van der Waals surface area contributed by atoms with Crippen LogP contribution in [0.1, 0.15) is 26.2 Å². The van der Waals surface area contributed by atoms with Gasteiger partial charge in [0.05, 0.1) is 10.8 Å². The highest BCUT2D eigenvalue weighted by atomic mass is 32.2. The molecule has 1 aliphatic carbocycles. The average Bonchev–Trinajstić information content (AvgIpc) is 2.55. The number of esters is 1. The zero-order valence-electron chi connectivity index (χ0n) is 13.3. The molecule has 1 aromatic carbocycles. The molecule has 0 aliphatic heterocycles. The van der Waals surface area contributed by atoms with Crippen LogP contribution in [0.4, 0.5) is 5.69 Å². The monoisotopic (exact) mass is 352 g/mol. The lowest BCUT2D eigenvalue weighted by atomic mass is 9.95. The summed E-state index contributed by atoms with van der Waals surface area (Å²) in [5.41, 5.74) is 0.259. The normalized spacial score (nSPS) is 18.7. The minimum absolute atomic E-state index is 0.112. The van der Waals surface area contributed by atoms with Crippen LogP contribution in [0, 0.1) is 5.92 Å². The second-order valence-electron chi connectivity index (χ2n) is 5.62. The van der Waals surface area contributed by atoms with Crippen LogP contribution in [0.15, 0.2) is 41.3 Å². The fourth-order valence-electron chi connectivity index (χ4n) is 2.33. The first-order chi connectivity index (χ1) is 11.3. The number of nitrogens with one attached hydrogen (secondary N) is 1. The number of nitrogens with two attached hydrogens (primary N) is 1. The Hall–Kier alpha value is -2.19. The third-order valence-corrected chi connectivity index (χ3v) is 4.61. The van der Waals surface area contributed by atoms with Gasteiger partial charge in [-0.3, -0.25) is 9.59 Å². The molecule has 1 aromatic rings. The summed E-state index contributed by atoms with van der Waals surface area (Å²) in [7, 11) is -3.86. The van der Waals surface area contributed by atoms with E-state index in [0.29, 0.717) is 12.8 Å². The lowest BCUT2D eigenvalue weighted by Gasteiger charge is -2.19. The molecule has 1 amide bonds. The Balaban J connectivity index is 1.96. The van der Waals surface area contributed by atoms with Gasteiger partial charge in [0.2, 0.25) is 10.0 Å². The average molecular weight is 352 g/mol. The van der Waals surface area contributed by atoms with E-state index in [2.05, 4.69) is 5.32 Å². The van der Waals surface area contributed by atoms with E-state index in [-0.39, 0.29) is 16.5 Å². The van der Waals surface area contributed by atoms with Gasteiger partial charge in [-0.1, -0.05) is 18.2 Å². The first-order valence-corrected chi connectivity index (χ1v) is 9.11. The zero-order chi connectivity index (χ0) is 17.7. The summed E-state index contributed by atoms with van der Waals surface area (Å²) in [5.74, 6) is -1.17.